The van der Waals surface area contributed by atoms with Gasteiger partial charge in [-0.1, -0.05) is 16.8 Å². The molecule has 0 atom stereocenters. The average Bonchev–Trinajstić information content (AvgIpc) is 3.29. The molecule has 1 aromatic heterocycles. The van der Waals surface area contributed by atoms with E-state index in [4.69, 9.17) is 20.9 Å². The predicted molar refractivity (Wildman–Crippen MR) is 119 cm³/mol. The maximum atomic E-state index is 12.5. The molecule has 1 aliphatic rings. The number of aryl methyl sites for hydroxylation is 1. The van der Waals surface area contributed by atoms with Crippen LogP contribution in [0, 0.1) is 0 Å². The molecule has 3 aromatic rings. The highest BCUT2D eigenvalue weighted by atomic mass is 35.5. The molecule has 1 fully saturated rings. The SMILES string of the molecule is O=C(CCCc1nc(-c2ccc(Cl)cc2)no1)Nc1ccc(C(=O)N2CCOCC2)cc1. The first-order valence-electron chi connectivity index (χ1n) is 10.4. The van der Waals surface area contributed by atoms with Crippen LogP contribution in [0.15, 0.2) is 53.1 Å². The molecule has 2 amide bonds. The van der Waals surface area contributed by atoms with Gasteiger partial charge in [-0.05, 0) is 55.0 Å². The van der Waals surface area contributed by atoms with Crippen LogP contribution in [-0.2, 0) is 16.0 Å². The van der Waals surface area contributed by atoms with Gasteiger partial charge in [0, 0.05) is 47.8 Å². The Bertz CT molecular complexity index is 1060. The van der Waals surface area contributed by atoms with Crippen molar-refractivity contribution in [3.63, 3.8) is 0 Å². The number of carbonyl (C=O) groups excluding carboxylic acids is 2. The molecule has 0 unspecified atom stereocenters. The largest absolute Gasteiger partial charge is 0.378 e. The zero-order valence-electron chi connectivity index (χ0n) is 17.4. The van der Waals surface area contributed by atoms with Crippen molar-refractivity contribution in [1.29, 1.82) is 0 Å². The second kappa shape index (κ2) is 10.4. The minimum absolute atomic E-state index is 0.0243. The Morgan fingerprint density at radius 2 is 1.75 bits per heavy atom. The second-order valence-electron chi connectivity index (χ2n) is 7.40. The van der Waals surface area contributed by atoms with E-state index in [1.54, 1.807) is 41.3 Å². The van der Waals surface area contributed by atoms with E-state index in [-0.39, 0.29) is 11.8 Å². The maximum Gasteiger partial charge on any atom is 0.254 e. The van der Waals surface area contributed by atoms with E-state index >= 15 is 0 Å². The van der Waals surface area contributed by atoms with Gasteiger partial charge >= 0.3 is 0 Å². The summed E-state index contributed by atoms with van der Waals surface area (Å²) in [6.45, 7) is 2.31. The molecule has 1 N–H and O–H groups in total. The molecule has 9 heteroatoms. The molecular weight excluding hydrogens is 432 g/mol. The summed E-state index contributed by atoms with van der Waals surface area (Å²) in [5, 5.41) is 7.46. The summed E-state index contributed by atoms with van der Waals surface area (Å²) in [4.78, 5) is 30.9. The van der Waals surface area contributed by atoms with Crippen molar-refractivity contribution < 1.29 is 18.8 Å². The number of morpholine rings is 1. The fraction of sp³-hybridized carbons (Fsp3) is 0.304. The highest BCUT2D eigenvalue weighted by Gasteiger charge is 2.18. The summed E-state index contributed by atoms with van der Waals surface area (Å²) in [6.07, 6.45) is 1.38. The Hall–Kier alpha value is -3.23. The third-order valence-electron chi connectivity index (χ3n) is 5.08. The molecule has 2 aromatic carbocycles. The van der Waals surface area contributed by atoms with Crippen LogP contribution in [0.1, 0.15) is 29.1 Å². The van der Waals surface area contributed by atoms with Crippen LogP contribution >= 0.6 is 11.6 Å². The number of carbonyl (C=O) groups is 2. The lowest BCUT2D eigenvalue weighted by Crippen LogP contribution is -2.40. The van der Waals surface area contributed by atoms with Gasteiger partial charge in [0.2, 0.25) is 17.6 Å². The number of halogens is 1. The normalized spacial score (nSPS) is 13.7. The molecule has 0 saturated carbocycles. The van der Waals surface area contributed by atoms with Crippen LogP contribution < -0.4 is 5.32 Å². The topological polar surface area (TPSA) is 97.6 Å². The van der Waals surface area contributed by atoms with Crippen molar-refractivity contribution in [3.05, 3.63) is 65.0 Å². The Balaban J connectivity index is 1.23. The Kier molecular flexibility index (Phi) is 7.14. The van der Waals surface area contributed by atoms with Gasteiger partial charge in [0.1, 0.15) is 0 Å². The molecule has 32 heavy (non-hydrogen) atoms. The summed E-state index contributed by atoms with van der Waals surface area (Å²) in [5.41, 5.74) is 2.06. The minimum Gasteiger partial charge on any atom is -0.378 e. The minimum atomic E-state index is -0.116. The quantitative estimate of drug-likeness (QED) is 0.582. The molecule has 2 heterocycles. The maximum absolute atomic E-state index is 12.5. The third-order valence-corrected chi connectivity index (χ3v) is 5.33. The molecular formula is C23H23ClN4O4. The number of ether oxygens (including phenoxy) is 1. The number of aromatic nitrogens is 2. The van der Waals surface area contributed by atoms with Crippen LogP contribution in [0.4, 0.5) is 5.69 Å². The Morgan fingerprint density at radius 1 is 1.03 bits per heavy atom. The molecule has 0 bridgehead atoms. The van der Waals surface area contributed by atoms with Crippen LogP contribution in [-0.4, -0.2) is 53.2 Å². The van der Waals surface area contributed by atoms with Crippen molar-refractivity contribution >= 4 is 29.1 Å². The van der Waals surface area contributed by atoms with E-state index in [1.165, 1.54) is 0 Å². The van der Waals surface area contributed by atoms with Crippen molar-refractivity contribution in [1.82, 2.24) is 15.0 Å². The van der Waals surface area contributed by atoms with Gasteiger partial charge in [-0.15, -0.1) is 0 Å². The molecule has 1 aliphatic heterocycles. The van der Waals surface area contributed by atoms with Crippen LogP contribution in [0.25, 0.3) is 11.4 Å². The van der Waals surface area contributed by atoms with Gasteiger partial charge in [0.05, 0.1) is 13.2 Å². The highest BCUT2D eigenvalue weighted by molar-refractivity contribution is 6.30. The van der Waals surface area contributed by atoms with Crippen LogP contribution in [0.3, 0.4) is 0 Å². The first kappa shape index (κ1) is 22.0. The van der Waals surface area contributed by atoms with Gasteiger partial charge in [-0.3, -0.25) is 9.59 Å². The number of rotatable bonds is 7. The first-order valence-corrected chi connectivity index (χ1v) is 10.8. The summed E-state index contributed by atoms with van der Waals surface area (Å²) in [7, 11) is 0. The number of amides is 2. The predicted octanol–water partition coefficient (Wildman–Crippen LogP) is 3.82. The lowest BCUT2D eigenvalue weighted by Gasteiger charge is -2.26. The fourth-order valence-corrected chi connectivity index (χ4v) is 3.47. The number of nitrogens with zero attached hydrogens (tertiary/aromatic N) is 3. The third kappa shape index (κ3) is 5.72. The standard InChI is InChI=1S/C23H23ClN4O4/c24-18-8-4-16(5-9-18)22-26-21(32-27-22)3-1-2-20(29)25-19-10-6-17(7-11-19)23(30)28-12-14-31-15-13-28/h4-11H,1-3,12-15H2,(H,25,29). The van der Waals surface area contributed by atoms with Crippen molar-refractivity contribution in [2.24, 2.45) is 0 Å². The van der Waals surface area contributed by atoms with E-state index in [0.717, 1.165) is 5.56 Å². The number of hydrogen-bond acceptors (Lipinski definition) is 6. The van der Waals surface area contributed by atoms with E-state index in [9.17, 15) is 9.59 Å². The Labute approximate surface area is 190 Å². The average molecular weight is 455 g/mol. The van der Waals surface area contributed by atoms with Gasteiger partial charge in [0.25, 0.3) is 5.91 Å². The molecule has 4 rings (SSSR count). The van der Waals surface area contributed by atoms with E-state index in [2.05, 4.69) is 15.5 Å². The summed E-state index contributed by atoms with van der Waals surface area (Å²) < 4.78 is 10.5. The van der Waals surface area contributed by atoms with Gasteiger partial charge in [-0.25, -0.2) is 0 Å². The van der Waals surface area contributed by atoms with E-state index < -0.39 is 0 Å². The van der Waals surface area contributed by atoms with Gasteiger partial charge in [0.15, 0.2) is 0 Å². The van der Waals surface area contributed by atoms with E-state index in [1.807, 2.05) is 12.1 Å². The van der Waals surface area contributed by atoms with Crippen molar-refractivity contribution in [2.45, 2.75) is 19.3 Å². The lowest BCUT2D eigenvalue weighted by molar-refractivity contribution is -0.116. The summed E-state index contributed by atoms with van der Waals surface area (Å²) >= 11 is 5.89. The van der Waals surface area contributed by atoms with Crippen molar-refractivity contribution in [3.8, 4) is 11.4 Å². The monoisotopic (exact) mass is 454 g/mol. The first-order chi connectivity index (χ1) is 15.6. The van der Waals surface area contributed by atoms with Gasteiger partial charge in [-0.2, -0.15) is 4.98 Å². The number of nitrogens with one attached hydrogen (secondary N) is 1. The highest BCUT2D eigenvalue weighted by Crippen LogP contribution is 2.19. The summed E-state index contributed by atoms with van der Waals surface area (Å²) in [5.74, 6) is 0.833. The zero-order valence-corrected chi connectivity index (χ0v) is 18.2. The molecule has 1 saturated heterocycles. The van der Waals surface area contributed by atoms with Crippen LogP contribution in [0.5, 0.6) is 0 Å². The molecule has 0 spiro atoms. The number of benzene rings is 2. The smallest absolute Gasteiger partial charge is 0.254 e. The fourth-order valence-electron chi connectivity index (χ4n) is 3.34. The lowest BCUT2D eigenvalue weighted by atomic mass is 10.1. The van der Waals surface area contributed by atoms with Crippen molar-refractivity contribution in [2.75, 3.05) is 31.6 Å². The number of hydrogen-bond donors (Lipinski definition) is 1. The Morgan fingerprint density at radius 3 is 2.47 bits per heavy atom. The summed E-state index contributed by atoms with van der Waals surface area (Å²) in [6, 6.07) is 14.1. The molecule has 166 valence electrons. The zero-order chi connectivity index (χ0) is 22.3. The number of anilines is 1. The second-order valence-corrected chi connectivity index (χ2v) is 7.84. The van der Waals surface area contributed by atoms with Gasteiger partial charge < -0.3 is 19.5 Å². The van der Waals surface area contributed by atoms with Crippen LogP contribution in [0.2, 0.25) is 5.02 Å². The molecule has 8 nitrogen and oxygen atoms in total. The van der Waals surface area contributed by atoms with E-state index in [0.29, 0.717) is 73.6 Å². The molecule has 0 radical (unpaired) electrons. The molecule has 0 aliphatic carbocycles.